The maximum absolute atomic E-state index is 10.2. The van der Waals surface area contributed by atoms with Gasteiger partial charge in [-0.1, -0.05) is 55.4 Å². The Balaban J connectivity index is 0.000000251. The van der Waals surface area contributed by atoms with Crippen LogP contribution < -0.4 is 0 Å². The van der Waals surface area contributed by atoms with Gasteiger partial charge in [0.25, 0.3) is 0 Å². The zero-order valence-corrected chi connectivity index (χ0v) is 18.1. The van der Waals surface area contributed by atoms with Crippen molar-refractivity contribution in [2.24, 2.45) is 40.9 Å². The largest absolute Gasteiger partial charge is 0.390 e. The van der Waals surface area contributed by atoms with Crippen molar-refractivity contribution in [3.05, 3.63) is 0 Å². The number of hydrogen-bond donors (Lipinski definition) is 1. The summed E-state index contributed by atoms with van der Waals surface area (Å²) in [4.78, 5) is 0. The maximum Gasteiger partial charge on any atom is 0.0673 e. The fourth-order valence-corrected chi connectivity index (χ4v) is 4.45. The highest BCUT2D eigenvalue weighted by Crippen LogP contribution is 2.44. The first-order valence-corrected chi connectivity index (χ1v) is 10.5. The lowest BCUT2D eigenvalue weighted by atomic mass is 9.64. The molecule has 25 heavy (non-hydrogen) atoms. The lowest BCUT2D eigenvalue weighted by molar-refractivity contribution is -0.0640. The van der Waals surface area contributed by atoms with Gasteiger partial charge < -0.3 is 5.11 Å². The van der Waals surface area contributed by atoms with Crippen molar-refractivity contribution in [2.75, 3.05) is 0 Å². The molecule has 0 bridgehead atoms. The Bertz CT molecular complexity index is 447. The molecule has 0 radical (unpaired) electrons. The first-order chi connectivity index (χ1) is 11.4. The van der Waals surface area contributed by atoms with Crippen LogP contribution in [0.1, 0.15) is 93.9 Å². The predicted molar refractivity (Wildman–Crippen MR) is 107 cm³/mol. The third kappa shape index (κ3) is 5.99. The number of aliphatic hydroxyl groups is 1. The molecular weight excluding hydrogens is 306 g/mol. The number of nitriles is 1. The fraction of sp³-hybridized carbons (Fsp3) is 0.957. The van der Waals surface area contributed by atoms with Gasteiger partial charge in [0, 0.05) is 0 Å². The third-order valence-corrected chi connectivity index (χ3v) is 7.49. The molecule has 5 atom stereocenters. The number of rotatable bonds is 2. The van der Waals surface area contributed by atoms with Crippen LogP contribution in [-0.2, 0) is 0 Å². The lowest BCUT2D eigenvalue weighted by Gasteiger charge is -2.41. The Kier molecular flexibility index (Phi) is 8.00. The van der Waals surface area contributed by atoms with E-state index in [9.17, 15) is 5.11 Å². The lowest BCUT2D eigenvalue weighted by Crippen LogP contribution is -2.41. The SMILES string of the molecule is CC(C)C1CCC(C)(C)C(C#N)C1.CC1CCC(O)(C(C)C)CC1C. The maximum atomic E-state index is 10.2. The monoisotopic (exact) mass is 349 g/mol. The van der Waals surface area contributed by atoms with Crippen molar-refractivity contribution in [3.63, 3.8) is 0 Å². The van der Waals surface area contributed by atoms with Crippen LogP contribution >= 0.6 is 0 Å². The van der Waals surface area contributed by atoms with Crippen LogP contribution in [0, 0.1) is 52.3 Å². The van der Waals surface area contributed by atoms with E-state index in [1.165, 1.54) is 19.3 Å². The summed E-state index contributed by atoms with van der Waals surface area (Å²) < 4.78 is 0. The Morgan fingerprint density at radius 1 is 1.00 bits per heavy atom. The number of nitrogens with zero attached hydrogens (tertiary/aromatic N) is 1. The Morgan fingerprint density at radius 3 is 2.04 bits per heavy atom. The molecule has 0 spiro atoms. The summed E-state index contributed by atoms with van der Waals surface area (Å²) in [5.41, 5.74) is -0.119. The molecule has 0 aliphatic heterocycles. The van der Waals surface area contributed by atoms with Gasteiger partial charge in [-0.25, -0.2) is 0 Å². The molecule has 2 fully saturated rings. The summed E-state index contributed by atoms with van der Waals surface area (Å²) in [7, 11) is 0. The molecule has 2 aliphatic rings. The summed E-state index contributed by atoms with van der Waals surface area (Å²) in [5.74, 6) is 3.68. The van der Waals surface area contributed by atoms with E-state index in [1.807, 2.05) is 0 Å². The van der Waals surface area contributed by atoms with Crippen molar-refractivity contribution in [2.45, 2.75) is 99.5 Å². The topological polar surface area (TPSA) is 44.0 Å². The van der Waals surface area contributed by atoms with E-state index < -0.39 is 0 Å². The normalized spacial score (nSPS) is 38.0. The van der Waals surface area contributed by atoms with Gasteiger partial charge >= 0.3 is 0 Å². The van der Waals surface area contributed by atoms with Gasteiger partial charge in [0.05, 0.1) is 17.6 Å². The predicted octanol–water partition coefficient (Wildman–Crippen LogP) is 6.44. The Morgan fingerprint density at radius 2 is 1.60 bits per heavy atom. The molecule has 2 aliphatic carbocycles. The fourth-order valence-electron chi connectivity index (χ4n) is 4.45. The molecule has 0 heterocycles. The standard InChI is InChI=1S/C12H21N.C11H22O/c1-9(2)10-5-6-12(3,4)11(7-10)8-13;1-8(2)11(12)6-5-9(3)10(4)7-11/h9-11H,5-7H2,1-4H3;8-10,12H,5-7H2,1-4H3. The molecule has 1 N–H and O–H groups in total. The summed E-state index contributed by atoms with van der Waals surface area (Å²) in [5, 5.41) is 19.3. The minimum absolute atomic E-state index is 0.250. The van der Waals surface area contributed by atoms with E-state index in [-0.39, 0.29) is 16.9 Å². The molecule has 146 valence electrons. The zero-order chi connectivity index (χ0) is 19.4. The van der Waals surface area contributed by atoms with E-state index in [0.29, 0.717) is 11.8 Å². The second-order valence-electron chi connectivity index (χ2n) is 10.4. The molecule has 2 saturated carbocycles. The summed E-state index contributed by atoms with van der Waals surface area (Å²) >= 11 is 0. The molecular formula is C23H43NO. The van der Waals surface area contributed by atoms with E-state index in [0.717, 1.165) is 37.0 Å². The van der Waals surface area contributed by atoms with Crippen LogP contribution in [0.4, 0.5) is 0 Å². The molecule has 2 heteroatoms. The first-order valence-electron chi connectivity index (χ1n) is 10.5. The minimum Gasteiger partial charge on any atom is -0.390 e. The molecule has 0 aromatic heterocycles. The number of hydrogen-bond acceptors (Lipinski definition) is 2. The van der Waals surface area contributed by atoms with Gasteiger partial charge in [-0.15, -0.1) is 0 Å². The van der Waals surface area contributed by atoms with Gasteiger partial charge in [0.1, 0.15) is 0 Å². The van der Waals surface area contributed by atoms with Crippen LogP contribution in [-0.4, -0.2) is 10.7 Å². The van der Waals surface area contributed by atoms with Crippen molar-refractivity contribution in [3.8, 4) is 6.07 Å². The highest BCUT2D eigenvalue weighted by molar-refractivity contribution is 4.98. The van der Waals surface area contributed by atoms with Crippen LogP contribution in [0.3, 0.4) is 0 Å². The highest BCUT2D eigenvalue weighted by Gasteiger charge is 2.38. The second-order valence-corrected chi connectivity index (χ2v) is 10.4. The van der Waals surface area contributed by atoms with Gasteiger partial charge in [0.15, 0.2) is 0 Å². The van der Waals surface area contributed by atoms with E-state index in [2.05, 4.69) is 61.5 Å². The molecule has 0 aromatic carbocycles. The Labute approximate surface area is 157 Å². The third-order valence-electron chi connectivity index (χ3n) is 7.49. The van der Waals surface area contributed by atoms with Gasteiger partial charge in [-0.05, 0) is 73.5 Å². The Hall–Kier alpha value is -0.550. The average Bonchev–Trinajstić information content (AvgIpc) is 2.51. The molecule has 5 unspecified atom stereocenters. The van der Waals surface area contributed by atoms with Crippen LogP contribution in [0.2, 0.25) is 0 Å². The minimum atomic E-state index is -0.369. The van der Waals surface area contributed by atoms with Gasteiger partial charge in [-0.3, -0.25) is 0 Å². The van der Waals surface area contributed by atoms with E-state index in [1.54, 1.807) is 0 Å². The summed E-state index contributed by atoms with van der Waals surface area (Å²) in [6.07, 6.45) is 6.82. The average molecular weight is 350 g/mol. The zero-order valence-electron chi connectivity index (χ0n) is 18.1. The first kappa shape index (κ1) is 22.5. The van der Waals surface area contributed by atoms with Crippen molar-refractivity contribution >= 4 is 0 Å². The van der Waals surface area contributed by atoms with Gasteiger partial charge in [-0.2, -0.15) is 5.26 Å². The van der Waals surface area contributed by atoms with Crippen molar-refractivity contribution < 1.29 is 5.11 Å². The van der Waals surface area contributed by atoms with Gasteiger partial charge in [0.2, 0.25) is 0 Å². The smallest absolute Gasteiger partial charge is 0.0673 e. The molecule has 0 saturated heterocycles. The highest BCUT2D eigenvalue weighted by atomic mass is 16.3. The van der Waals surface area contributed by atoms with Crippen molar-refractivity contribution in [1.29, 1.82) is 5.26 Å². The second kappa shape index (κ2) is 8.90. The molecule has 2 nitrogen and oxygen atoms in total. The quantitative estimate of drug-likeness (QED) is 0.623. The van der Waals surface area contributed by atoms with E-state index in [4.69, 9.17) is 5.26 Å². The van der Waals surface area contributed by atoms with Crippen LogP contribution in [0.15, 0.2) is 0 Å². The van der Waals surface area contributed by atoms with Crippen LogP contribution in [0.25, 0.3) is 0 Å². The molecule has 0 aromatic rings. The van der Waals surface area contributed by atoms with Crippen LogP contribution in [0.5, 0.6) is 0 Å². The molecule has 2 rings (SSSR count). The van der Waals surface area contributed by atoms with Crippen molar-refractivity contribution in [1.82, 2.24) is 0 Å². The summed E-state index contributed by atoms with van der Waals surface area (Å²) in [6, 6.07) is 2.48. The summed E-state index contributed by atoms with van der Waals surface area (Å²) in [6.45, 7) is 17.8. The van der Waals surface area contributed by atoms with E-state index >= 15 is 0 Å². The molecule has 0 amide bonds.